The van der Waals surface area contributed by atoms with Crippen molar-refractivity contribution >= 4 is 16.5 Å². The third-order valence-corrected chi connectivity index (χ3v) is 2.99. The molecule has 0 fully saturated rings. The van der Waals surface area contributed by atoms with E-state index in [-0.39, 0.29) is 5.82 Å². The summed E-state index contributed by atoms with van der Waals surface area (Å²) in [7, 11) is 1.97. The quantitative estimate of drug-likeness (QED) is 0.903. The van der Waals surface area contributed by atoms with E-state index in [2.05, 4.69) is 15.1 Å². The molecule has 2 rings (SSSR count). The maximum atomic E-state index is 12.7. The molecule has 0 saturated carbocycles. The topological polar surface area (TPSA) is 55.0 Å². The summed E-state index contributed by atoms with van der Waals surface area (Å²) < 4.78 is 12.7. The Morgan fingerprint density at radius 3 is 2.53 bits per heavy atom. The summed E-state index contributed by atoms with van der Waals surface area (Å²) in [5.41, 5.74) is 6.57. The molecule has 0 unspecified atom stereocenters. The van der Waals surface area contributed by atoms with E-state index >= 15 is 0 Å². The van der Waals surface area contributed by atoms with Crippen LogP contribution in [0.3, 0.4) is 0 Å². The molecule has 0 aliphatic heterocycles. The predicted molar refractivity (Wildman–Crippen MR) is 65.9 cm³/mol. The lowest BCUT2D eigenvalue weighted by atomic mass is 10.2. The Balaban J connectivity index is 1.93. The highest BCUT2D eigenvalue weighted by atomic mass is 32.1. The van der Waals surface area contributed by atoms with Gasteiger partial charge in [0, 0.05) is 6.54 Å². The van der Waals surface area contributed by atoms with Crippen molar-refractivity contribution in [2.75, 3.05) is 12.8 Å². The van der Waals surface area contributed by atoms with Crippen LogP contribution in [0.5, 0.6) is 0 Å². The molecule has 4 nitrogen and oxygen atoms in total. The average molecular weight is 252 g/mol. The number of nitrogens with two attached hydrogens (primary N) is 1. The van der Waals surface area contributed by atoms with Gasteiger partial charge in [0.2, 0.25) is 5.13 Å². The molecule has 17 heavy (non-hydrogen) atoms. The number of benzene rings is 1. The van der Waals surface area contributed by atoms with E-state index in [1.165, 1.54) is 23.5 Å². The van der Waals surface area contributed by atoms with Gasteiger partial charge in [0.25, 0.3) is 0 Å². The zero-order chi connectivity index (χ0) is 12.3. The lowest BCUT2D eigenvalue weighted by Crippen LogP contribution is -2.17. The number of rotatable bonds is 4. The van der Waals surface area contributed by atoms with Gasteiger partial charge in [0.05, 0.1) is 6.54 Å². The van der Waals surface area contributed by atoms with E-state index < -0.39 is 0 Å². The first-order valence-corrected chi connectivity index (χ1v) is 5.96. The van der Waals surface area contributed by atoms with Crippen molar-refractivity contribution in [3.8, 4) is 0 Å². The van der Waals surface area contributed by atoms with Crippen LogP contribution in [0.2, 0.25) is 0 Å². The van der Waals surface area contributed by atoms with Gasteiger partial charge < -0.3 is 5.73 Å². The maximum Gasteiger partial charge on any atom is 0.203 e. The normalized spacial score (nSPS) is 11.0. The number of nitrogens with zero attached hydrogens (tertiary/aromatic N) is 3. The summed E-state index contributed by atoms with van der Waals surface area (Å²) in [5, 5.41) is 9.07. The van der Waals surface area contributed by atoms with Gasteiger partial charge in [-0.1, -0.05) is 23.5 Å². The molecule has 1 heterocycles. The third kappa shape index (κ3) is 3.47. The van der Waals surface area contributed by atoms with E-state index in [9.17, 15) is 4.39 Å². The van der Waals surface area contributed by atoms with Crippen LogP contribution in [0, 0.1) is 5.82 Å². The molecule has 0 bridgehead atoms. The van der Waals surface area contributed by atoms with Gasteiger partial charge in [-0.05, 0) is 24.7 Å². The smallest absolute Gasteiger partial charge is 0.203 e. The highest BCUT2D eigenvalue weighted by Crippen LogP contribution is 2.14. The second-order valence-corrected chi connectivity index (χ2v) is 4.93. The van der Waals surface area contributed by atoms with Crippen molar-refractivity contribution in [1.29, 1.82) is 0 Å². The molecule has 0 saturated heterocycles. The molecular weight excluding hydrogens is 239 g/mol. The number of anilines is 1. The van der Waals surface area contributed by atoms with Crippen LogP contribution >= 0.6 is 11.3 Å². The van der Waals surface area contributed by atoms with Crippen LogP contribution < -0.4 is 5.73 Å². The molecule has 0 spiro atoms. The van der Waals surface area contributed by atoms with Gasteiger partial charge in [-0.15, -0.1) is 10.2 Å². The lowest BCUT2D eigenvalue weighted by molar-refractivity contribution is 0.317. The van der Waals surface area contributed by atoms with Crippen molar-refractivity contribution in [2.24, 2.45) is 0 Å². The molecule has 90 valence electrons. The van der Waals surface area contributed by atoms with Gasteiger partial charge in [0.15, 0.2) is 0 Å². The summed E-state index contributed by atoms with van der Waals surface area (Å²) in [6.45, 7) is 1.42. The first kappa shape index (κ1) is 11.9. The Kier molecular flexibility index (Phi) is 3.65. The SMILES string of the molecule is CN(Cc1ccc(F)cc1)Cc1nnc(N)s1. The fourth-order valence-corrected chi connectivity index (χ4v) is 2.21. The summed E-state index contributed by atoms with van der Waals surface area (Å²) in [4.78, 5) is 2.08. The van der Waals surface area contributed by atoms with E-state index in [0.29, 0.717) is 11.7 Å². The average Bonchev–Trinajstić information content (AvgIpc) is 2.67. The van der Waals surface area contributed by atoms with Gasteiger partial charge in [0.1, 0.15) is 10.8 Å². The molecule has 0 aliphatic carbocycles. The van der Waals surface area contributed by atoms with E-state index in [4.69, 9.17) is 5.73 Å². The summed E-state index contributed by atoms with van der Waals surface area (Å²) in [6.07, 6.45) is 0. The molecule has 6 heteroatoms. The highest BCUT2D eigenvalue weighted by Gasteiger charge is 2.06. The summed E-state index contributed by atoms with van der Waals surface area (Å²) >= 11 is 1.38. The Labute approximate surface area is 103 Å². The lowest BCUT2D eigenvalue weighted by Gasteiger charge is -2.14. The third-order valence-electron chi connectivity index (χ3n) is 2.25. The predicted octanol–water partition coefficient (Wildman–Crippen LogP) is 1.89. The zero-order valence-electron chi connectivity index (χ0n) is 9.43. The summed E-state index contributed by atoms with van der Waals surface area (Å²) in [5.74, 6) is -0.215. The van der Waals surface area contributed by atoms with Crippen molar-refractivity contribution in [3.05, 3.63) is 40.7 Å². The number of nitrogen functional groups attached to an aromatic ring is 1. The minimum atomic E-state index is -0.215. The minimum Gasteiger partial charge on any atom is -0.374 e. The Bertz CT molecular complexity index is 482. The minimum absolute atomic E-state index is 0.215. The molecule has 0 aliphatic rings. The maximum absolute atomic E-state index is 12.7. The van der Waals surface area contributed by atoms with E-state index in [0.717, 1.165) is 17.1 Å². The van der Waals surface area contributed by atoms with Gasteiger partial charge in [-0.25, -0.2) is 4.39 Å². The molecule has 2 N–H and O–H groups in total. The van der Waals surface area contributed by atoms with Crippen LogP contribution in [-0.4, -0.2) is 22.1 Å². The first-order valence-electron chi connectivity index (χ1n) is 5.14. The number of aromatic nitrogens is 2. The zero-order valence-corrected chi connectivity index (χ0v) is 10.2. The van der Waals surface area contributed by atoms with Gasteiger partial charge in [-0.3, -0.25) is 4.90 Å². The monoisotopic (exact) mass is 252 g/mol. The van der Waals surface area contributed by atoms with Crippen LogP contribution in [-0.2, 0) is 13.1 Å². The molecule has 1 aromatic carbocycles. The van der Waals surface area contributed by atoms with Gasteiger partial charge >= 0.3 is 0 Å². The van der Waals surface area contributed by atoms with Crippen molar-refractivity contribution in [2.45, 2.75) is 13.1 Å². The molecular formula is C11H13FN4S. The Morgan fingerprint density at radius 2 is 1.94 bits per heavy atom. The first-order chi connectivity index (χ1) is 8.13. The molecule has 0 radical (unpaired) electrons. The number of hydrogen-bond donors (Lipinski definition) is 1. The van der Waals surface area contributed by atoms with Gasteiger partial charge in [-0.2, -0.15) is 0 Å². The summed E-state index contributed by atoms with van der Waals surface area (Å²) in [6, 6.07) is 6.48. The highest BCUT2D eigenvalue weighted by molar-refractivity contribution is 7.15. The van der Waals surface area contributed by atoms with Crippen LogP contribution in [0.4, 0.5) is 9.52 Å². The fourth-order valence-electron chi connectivity index (χ4n) is 1.52. The standard InChI is InChI=1S/C11H13FN4S/c1-16(7-10-14-15-11(13)17-10)6-8-2-4-9(12)5-3-8/h2-5H,6-7H2,1H3,(H2,13,15). The molecule has 0 atom stereocenters. The van der Waals surface area contributed by atoms with E-state index in [1.54, 1.807) is 12.1 Å². The fraction of sp³-hybridized carbons (Fsp3) is 0.273. The second kappa shape index (κ2) is 5.20. The second-order valence-electron chi connectivity index (χ2n) is 3.83. The van der Waals surface area contributed by atoms with Crippen LogP contribution in [0.15, 0.2) is 24.3 Å². The molecule has 1 aromatic heterocycles. The Hall–Kier alpha value is -1.53. The Morgan fingerprint density at radius 1 is 1.24 bits per heavy atom. The molecule has 0 amide bonds. The van der Waals surface area contributed by atoms with Crippen molar-refractivity contribution in [1.82, 2.24) is 15.1 Å². The van der Waals surface area contributed by atoms with Crippen molar-refractivity contribution in [3.63, 3.8) is 0 Å². The number of halogens is 1. The molecule has 2 aromatic rings. The van der Waals surface area contributed by atoms with Crippen LogP contribution in [0.25, 0.3) is 0 Å². The van der Waals surface area contributed by atoms with Crippen LogP contribution in [0.1, 0.15) is 10.6 Å². The van der Waals surface area contributed by atoms with Crippen molar-refractivity contribution < 1.29 is 4.39 Å². The van der Waals surface area contributed by atoms with E-state index in [1.807, 2.05) is 7.05 Å². The number of hydrogen-bond acceptors (Lipinski definition) is 5. The largest absolute Gasteiger partial charge is 0.374 e.